The Balaban J connectivity index is 0.000000177. The number of hydrogen-bond acceptors (Lipinski definition) is 2. The van der Waals surface area contributed by atoms with E-state index in [0.29, 0.717) is 0 Å². The maximum atomic E-state index is 8.71. The monoisotopic (exact) mass is 570 g/mol. The number of pyridine rings is 1. The van der Waals surface area contributed by atoms with Gasteiger partial charge < -0.3 is 0 Å². The molecular formula is C41H50N2. The molecule has 0 saturated carbocycles. The molecule has 1 aromatic heterocycles. The van der Waals surface area contributed by atoms with Crippen LogP contribution in [0.15, 0.2) is 85.1 Å². The van der Waals surface area contributed by atoms with E-state index in [-0.39, 0.29) is 16.2 Å². The summed E-state index contributed by atoms with van der Waals surface area (Å²) < 4.78 is 0. The van der Waals surface area contributed by atoms with Crippen LogP contribution in [0.4, 0.5) is 0 Å². The molecule has 0 N–H and O–H groups in total. The summed E-state index contributed by atoms with van der Waals surface area (Å²) in [5.74, 6) is 0. The minimum absolute atomic E-state index is 0.165. The zero-order valence-electron chi connectivity index (χ0n) is 28.5. The van der Waals surface area contributed by atoms with E-state index in [1.165, 1.54) is 49.5 Å². The van der Waals surface area contributed by atoms with Crippen LogP contribution in [0.5, 0.6) is 0 Å². The summed E-state index contributed by atoms with van der Waals surface area (Å²) >= 11 is 0. The zero-order chi connectivity index (χ0) is 32.2. The van der Waals surface area contributed by atoms with E-state index in [1.807, 2.05) is 30.5 Å². The van der Waals surface area contributed by atoms with Gasteiger partial charge in [0.2, 0.25) is 0 Å². The Morgan fingerprint density at radius 2 is 0.977 bits per heavy atom. The van der Waals surface area contributed by atoms with Crippen LogP contribution >= 0.6 is 0 Å². The van der Waals surface area contributed by atoms with Gasteiger partial charge in [0.05, 0.1) is 17.1 Å². The first-order chi connectivity index (χ1) is 19.9. The lowest BCUT2D eigenvalue weighted by Gasteiger charge is -2.22. The topological polar surface area (TPSA) is 36.7 Å². The highest BCUT2D eigenvalue weighted by Crippen LogP contribution is 2.30. The van der Waals surface area contributed by atoms with Crippen molar-refractivity contribution in [2.24, 2.45) is 0 Å². The van der Waals surface area contributed by atoms with E-state index >= 15 is 0 Å². The Kier molecular flexibility index (Phi) is 10.2. The number of aryl methyl sites for hydroxylation is 3. The van der Waals surface area contributed by atoms with Gasteiger partial charge in [-0.15, -0.1) is 0 Å². The molecule has 5 aromatic rings. The molecule has 224 valence electrons. The lowest BCUT2D eigenvalue weighted by molar-refractivity contribution is 0.586. The van der Waals surface area contributed by atoms with Gasteiger partial charge >= 0.3 is 0 Å². The van der Waals surface area contributed by atoms with Gasteiger partial charge in [-0.1, -0.05) is 111 Å². The first-order valence-electron chi connectivity index (χ1n) is 15.3. The van der Waals surface area contributed by atoms with Crippen LogP contribution in [0, 0.1) is 32.1 Å². The average molecular weight is 571 g/mol. The smallest absolute Gasteiger partial charge is 0.0991 e. The maximum Gasteiger partial charge on any atom is 0.0991 e. The van der Waals surface area contributed by atoms with E-state index in [9.17, 15) is 0 Å². The molecule has 0 unspecified atom stereocenters. The highest BCUT2D eigenvalue weighted by Gasteiger charge is 2.18. The van der Waals surface area contributed by atoms with Crippen molar-refractivity contribution >= 4 is 21.7 Å². The third kappa shape index (κ3) is 8.77. The van der Waals surface area contributed by atoms with Crippen LogP contribution in [0.1, 0.15) is 101 Å². The van der Waals surface area contributed by atoms with Crippen molar-refractivity contribution in [3.05, 3.63) is 124 Å². The number of benzene rings is 4. The van der Waals surface area contributed by atoms with Gasteiger partial charge in [-0.2, -0.15) is 5.26 Å². The second-order valence-corrected chi connectivity index (χ2v) is 14.8. The fraction of sp³-hybridized carbons (Fsp3) is 0.366. The molecule has 0 spiro atoms. The fourth-order valence-electron chi connectivity index (χ4n) is 5.77. The molecule has 43 heavy (non-hydrogen) atoms. The van der Waals surface area contributed by atoms with Crippen molar-refractivity contribution in [2.75, 3.05) is 0 Å². The molecule has 0 atom stereocenters. The zero-order valence-corrected chi connectivity index (χ0v) is 28.5. The van der Waals surface area contributed by atoms with Gasteiger partial charge in [-0.3, -0.25) is 4.98 Å². The molecule has 0 bridgehead atoms. The lowest BCUT2D eigenvalue weighted by Crippen LogP contribution is -2.12. The second-order valence-electron chi connectivity index (χ2n) is 14.8. The van der Waals surface area contributed by atoms with Gasteiger partial charge in [0.25, 0.3) is 0 Å². The maximum absolute atomic E-state index is 8.71. The number of hydrogen-bond donors (Lipinski definition) is 0. The molecule has 0 aliphatic heterocycles. The van der Waals surface area contributed by atoms with Crippen molar-refractivity contribution in [1.29, 1.82) is 5.26 Å². The number of aromatic nitrogens is 1. The summed E-state index contributed by atoms with van der Waals surface area (Å²) in [5.41, 5.74) is 10.5. The third-order valence-electron chi connectivity index (χ3n) is 7.82. The Hall–Kier alpha value is -3.96. The standard InChI is InChI=1S/C15H18.C14H17N.C12H15N/c1-11-9-12-7-5-6-8-13(12)10-14(11)15(2,3)4;1-10-8-13-11(6-5-7-15-13)9-12(10)14(2,3)4;1-9-7-10(8-13)5-6-11(9)12(2,3)4/h5-10H,1-4H3;5-9H,1-4H3;5-7H,1-4H3. The Morgan fingerprint density at radius 1 is 0.512 bits per heavy atom. The quantitative estimate of drug-likeness (QED) is 0.186. The predicted molar refractivity (Wildman–Crippen MR) is 187 cm³/mol. The normalized spacial score (nSPS) is 11.7. The van der Waals surface area contributed by atoms with Crippen LogP contribution in [0.2, 0.25) is 0 Å². The molecule has 0 radical (unpaired) electrons. The highest BCUT2D eigenvalue weighted by molar-refractivity contribution is 5.84. The number of fused-ring (bicyclic) bond motifs is 2. The molecule has 2 nitrogen and oxygen atoms in total. The van der Waals surface area contributed by atoms with Gasteiger partial charge in [0.1, 0.15) is 0 Å². The van der Waals surface area contributed by atoms with Gasteiger partial charge in [0, 0.05) is 11.6 Å². The minimum Gasteiger partial charge on any atom is -0.256 e. The summed E-state index contributed by atoms with van der Waals surface area (Å²) in [7, 11) is 0. The van der Waals surface area contributed by atoms with Crippen molar-refractivity contribution in [1.82, 2.24) is 4.98 Å². The molecule has 0 saturated heterocycles. The molecule has 0 aliphatic carbocycles. The molecule has 2 heteroatoms. The van der Waals surface area contributed by atoms with Crippen molar-refractivity contribution < 1.29 is 0 Å². The molecular weight excluding hydrogens is 520 g/mol. The number of nitriles is 1. The first-order valence-corrected chi connectivity index (χ1v) is 15.3. The lowest BCUT2D eigenvalue weighted by atomic mass is 9.83. The molecule has 5 rings (SSSR count). The summed E-state index contributed by atoms with van der Waals surface area (Å²) in [6.45, 7) is 26.5. The molecule has 0 amide bonds. The van der Waals surface area contributed by atoms with Crippen molar-refractivity contribution in [2.45, 2.75) is 99.3 Å². The number of nitrogens with zero attached hydrogens (tertiary/aromatic N) is 2. The van der Waals surface area contributed by atoms with Gasteiger partial charge in [0.15, 0.2) is 0 Å². The largest absolute Gasteiger partial charge is 0.256 e. The molecule has 0 fully saturated rings. The Morgan fingerprint density at radius 3 is 1.49 bits per heavy atom. The Bertz CT molecular complexity index is 1650. The van der Waals surface area contributed by atoms with E-state index < -0.39 is 0 Å². The summed E-state index contributed by atoms with van der Waals surface area (Å²) in [6.07, 6.45) is 1.85. The predicted octanol–water partition coefficient (Wildman–Crippen LogP) is 11.5. The Labute approximate surface area is 260 Å². The third-order valence-corrected chi connectivity index (χ3v) is 7.82. The first kappa shape index (κ1) is 33.5. The van der Waals surface area contributed by atoms with E-state index in [4.69, 9.17) is 5.26 Å². The summed E-state index contributed by atoms with van der Waals surface area (Å²) in [5, 5.41) is 12.6. The van der Waals surface area contributed by atoms with E-state index in [0.717, 1.165) is 11.1 Å². The summed E-state index contributed by atoms with van der Waals surface area (Å²) in [6, 6.07) is 29.7. The van der Waals surface area contributed by atoms with E-state index in [2.05, 4.69) is 149 Å². The second kappa shape index (κ2) is 13.1. The van der Waals surface area contributed by atoms with Crippen molar-refractivity contribution in [3.8, 4) is 6.07 Å². The SMILES string of the molecule is Cc1cc(C#N)ccc1C(C)(C)C.Cc1cc2ccccc2cc1C(C)(C)C.Cc1cc2ncccc2cc1C(C)(C)C. The minimum atomic E-state index is 0.165. The summed E-state index contributed by atoms with van der Waals surface area (Å²) in [4.78, 5) is 4.37. The average Bonchev–Trinajstić information content (AvgIpc) is 2.91. The molecule has 0 aliphatic rings. The van der Waals surface area contributed by atoms with Gasteiger partial charge in [-0.25, -0.2) is 0 Å². The van der Waals surface area contributed by atoms with Gasteiger partial charge in [-0.05, 0) is 112 Å². The fourth-order valence-corrected chi connectivity index (χ4v) is 5.77. The van der Waals surface area contributed by atoms with Crippen LogP contribution in [0.25, 0.3) is 21.7 Å². The van der Waals surface area contributed by atoms with Crippen LogP contribution < -0.4 is 0 Å². The van der Waals surface area contributed by atoms with Crippen LogP contribution in [-0.2, 0) is 16.2 Å². The molecule has 4 aromatic carbocycles. The number of rotatable bonds is 0. The van der Waals surface area contributed by atoms with Crippen LogP contribution in [0.3, 0.4) is 0 Å². The van der Waals surface area contributed by atoms with Crippen LogP contribution in [-0.4, -0.2) is 4.98 Å². The molecule has 1 heterocycles. The highest BCUT2D eigenvalue weighted by atomic mass is 14.6. The van der Waals surface area contributed by atoms with Crippen molar-refractivity contribution in [3.63, 3.8) is 0 Å². The van der Waals surface area contributed by atoms with E-state index in [1.54, 1.807) is 0 Å².